The maximum absolute atomic E-state index is 11.8. The fourth-order valence-corrected chi connectivity index (χ4v) is 3.65. The Morgan fingerprint density at radius 2 is 1.67 bits per heavy atom. The summed E-state index contributed by atoms with van der Waals surface area (Å²) in [6.45, 7) is 0.594. The molecule has 0 saturated heterocycles. The van der Waals surface area contributed by atoms with Gasteiger partial charge in [-0.05, 0) is 12.0 Å². The molecule has 0 saturated carbocycles. The fourth-order valence-electron chi connectivity index (χ4n) is 1.93. The summed E-state index contributed by atoms with van der Waals surface area (Å²) in [6, 6.07) is 10.4. The third-order valence-electron chi connectivity index (χ3n) is 3.12. The fraction of sp³-hybridized carbons (Fsp3) is 0.500. The Labute approximate surface area is 129 Å². The highest BCUT2D eigenvalue weighted by atomic mass is 28.4. The van der Waals surface area contributed by atoms with Gasteiger partial charge in [0.25, 0.3) is 0 Å². The maximum Gasteiger partial charge on any atom is 0.500 e. The summed E-state index contributed by atoms with van der Waals surface area (Å²) in [5, 5.41) is 2.89. The lowest BCUT2D eigenvalue weighted by Crippen LogP contribution is -2.43. The minimum absolute atomic E-state index is 0. The predicted molar refractivity (Wildman–Crippen MR) is 87.9 cm³/mol. The van der Waals surface area contributed by atoms with Gasteiger partial charge in [0.05, 0.1) is 6.42 Å². The van der Waals surface area contributed by atoms with Crippen LogP contribution in [0, 0.1) is 0 Å². The monoisotopic (exact) mass is 310 g/mol. The van der Waals surface area contributed by atoms with Crippen molar-refractivity contribution in [3.8, 4) is 0 Å². The van der Waals surface area contributed by atoms with Gasteiger partial charge in [-0.1, -0.05) is 30.3 Å². The van der Waals surface area contributed by atoms with E-state index in [1.165, 1.54) is 0 Å². The van der Waals surface area contributed by atoms with Gasteiger partial charge in [-0.25, -0.2) is 0 Å². The zero-order valence-corrected chi connectivity index (χ0v) is 14.3. The van der Waals surface area contributed by atoms with Crippen LogP contribution in [0.25, 0.3) is 0 Å². The molecule has 1 aromatic rings. The van der Waals surface area contributed by atoms with Crippen molar-refractivity contribution < 1.29 is 18.1 Å². The van der Waals surface area contributed by atoms with Crippen molar-refractivity contribution in [3.05, 3.63) is 35.9 Å². The van der Waals surface area contributed by atoms with Crippen LogP contribution in [0.1, 0.15) is 12.0 Å². The molecule has 5 nitrogen and oxygen atoms in total. The molecule has 1 N–H and O–H groups in total. The van der Waals surface area contributed by atoms with Gasteiger partial charge in [-0.15, -0.1) is 0 Å². The van der Waals surface area contributed by atoms with Gasteiger partial charge in [0.15, 0.2) is 0 Å². The molecule has 0 atom stereocenters. The van der Waals surface area contributed by atoms with Gasteiger partial charge >= 0.3 is 8.80 Å². The summed E-state index contributed by atoms with van der Waals surface area (Å²) < 4.78 is 16.0. The molecule has 0 unspecified atom stereocenters. The highest BCUT2D eigenvalue weighted by Crippen LogP contribution is 2.14. The molecular formula is C14H25BNO4Si-. The Morgan fingerprint density at radius 3 is 2.19 bits per heavy atom. The van der Waals surface area contributed by atoms with E-state index >= 15 is 0 Å². The molecule has 0 spiro atoms. The van der Waals surface area contributed by atoms with E-state index < -0.39 is 8.80 Å². The van der Waals surface area contributed by atoms with E-state index in [2.05, 4.69) is 5.32 Å². The first kappa shape index (κ1) is 19.9. The van der Waals surface area contributed by atoms with E-state index in [0.717, 1.165) is 12.0 Å². The van der Waals surface area contributed by atoms with Crippen molar-refractivity contribution in [3.63, 3.8) is 0 Å². The summed E-state index contributed by atoms with van der Waals surface area (Å²) >= 11 is 0. The Balaban J connectivity index is 0.00000400. The Hall–Kier alpha value is -1.15. The molecule has 0 fully saturated rings. The lowest BCUT2D eigenvalue weighted by Gasteiger charge is -2.24. The molecular weight excluding hydrogens is 285 g/mol. The molecule has 0 aromatic heterocycles. The second-order valence-electron chi connectivity index (χ2n) is 4.41. The lowest BCUT2D eigenvalue weighted by molar-refractivity contribution is -0.120. The number of carbonyl (C=O) groups excluding carboxylic acids is 1. The SMILES string of the molecule is CO[Si](CCCNC(=O)Cc1ccccc1)(OC)OC.[BH2-]. The van der Waals surface area contributed by atoms with Crippen LogP contribution in [0.2, 0.25) is 6.04 Å². The molecule has 1 aromatic carbocycles. The average molecular weight is 310 g/mol. The molecule has 1 amide bonds. The van der Waals surface area contributed by atoms with Gasteiger partial charge in [-0.2, -0.15) is 0 Å². The molecule has 0 heterocycles. The lowest BCUT2D eigenvalue weighted by atomic mass is 10.1. The highest BCUT2D eigenvalue weighted by Gasteiger charge is 2.36. The third kappa shape index (κ3) is 6.90. The number of hydrogen-bond acceptors (Lipinski definition) is 4. The van der Waals surface area contributed by atoms with Crippen LogP contribution >= 0.6 is 0 Å². The van der Waals surface area contributed by atoms with Crippen LogP contribution in [0.5, 0.6) is 0 Å². The topological polar surface area (TPSA) is 56.8 Å². The van der Waals surface area contributed by atoms with Crippen molar-refractivity contribution in [1.82, 2.24) is 5.32 Å². The van der Waals surface area contributed by atoms with Crippen LogP contribution in [-0.4, -0.2) is 51.0 Å². The van der Waals surface area contributed by atoms with Crippen LogP contribution in [-0.2, 0) is 24.5 Å². The van der Waals surface area contributed by atoms with Gasteiger partial charge in [0.2, 0.25) is 5.91 Å². The van der Waals surface area contributed by atoms with E-state index in [4.69, 9.17) is 13.3 Å². The normalized spacial score (nSPS) is 10.8. The predicted octanol–water partition coefficient (Wildman–Crippen LogP) is 0.697. The molecule has 0 aliphatic heterocycles. The van der Waals surface area contributed by atoms with Gasteiger partial charge in [0, 0.05) is 33.9 Å². The van der Waals surface area contributed by atoms with E-state index in [9.17, 15) is 4.79 Å². The number of rotatable bonds is 9. The standard InChI is InChI=1S/C14H23NO4Si.BH2/c1-17-20(18-2,19-3)11-7-10-15-14(16)12-13-8-5-4-6-9-13;/h4-6,8-9H,7,10-12H2,1-3H3,(H,15,16);1H2/q;-1. The van der Waals surface area contributed by atoms with Gasteiger partial charge in [0.1, 0.15) is 0 Å². The summed E-state index contributed by atoms with van der Waals surface area (Å²) in [5.41, 5.74) is 1.01. The third-order valence-corrected chi connectivity index (χ3v) is 5.95. The average Bonchev–Trinajstić information content (AvgIpc) is 2.49. The second-order valence-corrected chi connectivity index (χ2v) is 7.50. The quantitative estimate of drug-likeness (QED) is 0.539. The van der Waals surface area contributed by atoms with Crippen LogP contribution in [0.4, 0.5) is 0 Å². The molecule has 0 aliphatic rings. The van der Waals surface area contributed by atoms with E-state index in [0.29, 0.717) is 19.0 Å². The van der Waals surface area contributed by atoms with Crippen LogP contribution < -0.4 is 5.32 Å². The van der Waals surface area contributed by atoms with Crippen LogP contribution in [0.3, 0.4) is 0 Å². The first-order valence-corrected chi connectivity index (χ1v) is 8.55. The highest BCUT2D eigenvalue weighted by molar-refractivity contribution is 6.60. The summed E-state index contributed by atoms with van der Waals surface area (Å²) in [5.74, 6) is 0.0238. The first-order valence-electron chi connectivity index (χ1n) is 6.62. The number of amides is 1. The summed E-state index contributed by atoms with van der Waals surface area (Å²) in [7, 11) is 2.26. The molecule has 7 heteroatoms. The minimum Gasteiger partial charge on any atom is -0.381 e. The zero-order chi connectivity index (χ0) is 14.8. The molecule has 0 bridgehead atoms. The largest absolute Gasteiger partial charge is 0.500 e. The smallest absolute Gasteiger partial charge is 0.381 e. The van der Waals surface area contributed by atoms with Crippen molar-refractivity contribution in [2.75, 3.05) is 27.9 Å². The van der Waals surface area contributed by atoms with Crippen LogP contribution in [0.15, 0.2) is 30.3 Å². The molecule has 1 rings (SSSR count). The molecule has 21 heavy (non-hydrogen) atoms. The number of benzene rings is 1. The minimum atomic E-state index is -2.51. The van der Waals surface area contributed by atoms with E-state index in [-0.39, 0.29) is 14.3 Å². The summed E-state index contributed by atoms with van der Waals surface area (Å²) in [4.78, 5) is 11.8. The Bertz CT molecular complexity index is 393. The first-order chi connectivity index (χ1) is 9.65. The second kappa shape index (κ2) is 10.6. The Kier molecular flexibility index (Phi) is 9.98. The van der Waals surface area contributed by atoms with E-state index in [1.807, 2.05) is 30.3 Å². The number of hydrogen-bond donors (Lipinski definition) is 1. The molecule has 0 aliphatic carbocycles. The molecule has 2 radical (unpaired) electrons. The van der Waals surface area contributed by atoms with Crippen molar-refractivity contribution in [2.45, 2.75) is 18.9 Å². The van der Waals surface area contributed by atoms with Gasteiger partial charge < -0.3 is 27.0 Å². The zero-order valence-electron chi connectivity index (χ0n) is 13.3. The number of nitrogens with one attached hydrogen (secondary N) is 1. The van der Waals surface area contributed by atoms with Crippen molar-refractivity contribution in [1.29, 1.82) is 0 Å². The van der Waals surface area contributed by atoms with Crippen molar-refractivity contribution >= 4 is 23.1 Å². The maximum atomic E-state index is 11.8. The Morgan fingerprint density at radius 1 is 1.10 bits per heavy atom. The van der Waals surface area contributed by atoms with E-state index in [1.54, 1.807) is 21.3 Å². The van der Waals surface area contributed by atoms with Crippen molar-refractivity contribution in [2.24, 2.45) is 0 Å². The summed E-state index contributed by atoms with van der Waals surface area (Å²) in [6.07, 6.45) is 1.17. The van der Waals surface area contributed by atoms with Gasteiger partial charge in [-0.3, -0.25) is 4.79 Å². The molecule has 118 valence electrons. The number of carbonyl (C=O) groups is 1.